The van der Waals surface area contributed by atoms with Crippen molar-refractivity contribution in [1.29, 1.82) is 0 Å². The molecule has 2 rings (SSSR count). The molecule has 0 aliphatic heterocycles. The molecule has 0 fully saturated rings. The van der Waals surface area contributed by atoms with Crippen LogP contribution in [0.15, 0.2) is 54.6 Å². The zero-order chi connectivity index (χ0) is 14.4. The minimum absolute atomic E-state index is 0.189. The number of carbonyl (C=O) groups is 1. The van der Waals surface area contributed by atoms with E-state index >= 15 is 0 Å². The van der Waals surface area contributed by atoms with Crippen LogP contribution in [0.3, 0.4) is 0 Å². The first-order valence-corrected chi connectivity index (χ1v) is 6.54. The van der Waals surface area contributed by atoms with Gasteiger partial charge in [0, 0.05) is 0 Å². The number of methoxy groups -OCH3 is 1. The van der Waals surface area contributed by atoms with Gasteiger partial charge in [-0.3, -0.25) is 4.79 Å². The molecule has 0 radical (unpaired) electrons. The zero-order valence-electron chi connectivity index (χ0n) is 11.7. The lowest BCUT2D eigenvalue weighted by Gasteiger charge is -2.18. The van der Waals surface area contributed by atoms with Gasteiger partial charge in [-0.15, -0.1) is 0 Å². The van der Waals surface area contributed by atoms with Crippen LogP contribution >= 0.6 is 0 Å². The second-order valence-corrected chi connectivity index (χ2v) is 4.61. The van der Waals surface area contributed by atoms with Gasteiger partial charge in [-0.25, -0.2) is 0 Å². The van der Waals surface area contributed by atoms with Crippen molar-refractivity contribution in [3.05, 3.63) is 65.7 Å². The first-order valence-electron chi connectivity index (χ1n) is 6.54. The third kappa shape index (κ3) is 3.85. The molecule has 3 nitrogen and oxygen atoms in total. The first-order chi connectivity index (χ1) is 9.69. The van der Waals surface area contributed by atoms with Gasteiger partial charge in [0.25, 0.3) is 0 Å². The van der Waals surface area contributed by atoms with Crippen molar-refractivity contribution in [2.24, 2.45) is 0 Å². The number of benzene rings is 2. The van der Waals surface area contributed by atoms with Crippen LogP contribution in [0.25, 0.3) is 0 Å². The summed E-state index contributed by atoms with van der Waals surface area (Å²) in [6.45, 7) is 2.02. The van der Waals surface area contributed by atoms with E-state index in [9.17, 15) is 4.79 Å². The van der Waals surface area contributed by atoms with Crippen molar-refractivity contribution >= 4 is 5.97 Å². The molecule has 0 bridgehead atoms. The van der Waals surface area contributed by atoms with E-state index in [-0.39, 0.29) is 18.5 Å². The van der Waals surface area contributed by atoms with Gasteiger partial charge in [0.2, 0.25) is 0 Å². The molecule has 2 aromatic carbocycles. The van der Waals surface area contributed by atoms with Gasteiger partial charge in [0.05, 0.1) is 13.5 Å². The van der Waals surface area contributed by atoms with Crippen molar-refractivity contribution in [3.8, 4) is 5.75 Å². The molecule has 0 heterocycles. The van der Waals surface area contributed by atoms with Gasteiger partial charge in [0.15, 0.2) is 0 Å². The molecule has 0 N–H and O–H groups in total. The van der Waals surface area contributed by atoms with Gasteiger partial charge in [-0.1, -0.05) is 48.0 Å². The number of rotatable bonds is 5. The van der Waals surface area contributed by atoms with Crippen LogP contribution in [0.4, 0.5) is 0 Å². The molecule has 1 atom stereocenters. The zero-order valence-corrected chi connectivity index (χ0v) is 11.7. The lowest BCUT2D eigenvalue weighted by Crippen LogP contribution is -2.14. The highest BCUT2D eigenvalue weighted by atomic mass is 16.5. The smallest absolute Gasteiger partial charge is 0.309 e. The van der Waals surface area contributed by atoms with E-state index in [0.29, 0.717) is 0 Å². The minimum Gasteiger partial charge on any atom is -0.485 e. The Kier molecular flexibility index (Phi) is 4.77. The fraction of sp³-hybridized carbons (Fsp3) is 0.235. The van der Waals surface area contributed by atoms with Crippen LogP contribution in [0.1, 0.15) is 23.7 Å². The molecule has 0 saturated carbocycles. The quantitative estimate of drug-likeness (QED) is 0.777. The van der Waals surface area contributed by atoms with E-state index in [1.165, 1.54) is 12.7 Å². The van der Waals surface area contributed by atoms with Crippen molar-refractivity contribution in [2.75, 3.05) is 7.11 Å². The topological polar surface area (TPSA) is 35.5 Å². The van der Waals surface area contributed by atoms with Crippen LogP contribution in [-0.4, -0.2) is 13.1 Å². The number of hydrogen-bond acceptors (Lipinski definition) is 3. The largest absolute Gasteiger partial charge is 0.485 e. The number of ether oxygens (including phenoxy) is 2. The third-order valence-electron chi connectivity index (χ3n) is 3.05. The average molecular weight is 270 g/mol. The lowest BCUT2D eigenvalue weighted by atomic mass is 10.1. The third-order valence-corrected chi connectivity index (χ3v) is 3.05. The van der Waals surface area contributed by atoms with Crippen molar-refractivity contribution in [3.63, 3.8) is 0 Å². The standard InChI is InChI=1S/C17H18O3/c1-13-8-10-15(11-9-13)20-16(12-17(18)19-2)14-6-4-3-5-7-14/h3-11,16H,12H2,1-2H3. The molecule has 20 heavy (non-hydrogen) atoms. The fourth-order valence-electron chi connectivity index (χ4n) is 1.91. The molecule has 2 aromatic rings. The maximum atomic E-state index is 11.5. The summed E-state index contributed by atoms with van der Waals surface area (Å²) in [4.78, 5) is 11.5. The summed E-state index contributed by atoms with van der Waals surface area (Å²) in [5, 5.41) is 0. The second-order valence-electron chi connectivity index (χ2n) is 4.61. The van der Waals surface area contributed by atoms with Crippen LogP contribution in [0, 0.1) is 6.92 Å². The minimum atomic E-state index is -0.341. The monoisotopic (exact) mass is 270 g/mol. The van der Waals surface area contributed by atoms with Crippen LogP contribution < -0.4 is 4.74 Å². The van der Waals surface area contributed by atoms with Crippen molar-refractivity contribution < 1.29 is 14.3 Å². The molecular weight excluding hydrogens is 252 g/mol. The number of esters is 1. The Hall–Kier alpha value is -2.29. The summed E-state index contributed by atoms with van der Waals surface area (Å²) < 4.78 is 10.7. The van der Waals surface area contributed by atoms with Gasteiger partial charge < -0.3 is 9.47 Å². The molecule has 0 aliphatic carbocycles. The molecule has 0 aromatic heterocycles. The van der Waals surface area contributed by atoms with Gasteiger partial charge in [0.1, 0.15) is 11.9 Å². The van der Waals surface area contributed by atoms with E-state index in [1.807, 2.05) is 61.5 Å². The number of carbonyl (C=O) groups excluding carboxylic acids is 1. The maximum Gasteiger partial charge on any atom is 0.309 e. The summed E-state index contributed by atoms with van der Waals surface area (Å²) in [6.07, 6.45) is -0.152. The molecular formula is C17H18O3. The first kappa shape index (κ1) is 14.1. The molecule has 0 amide bonds. The van der Waals surface area contributed by atoms with Gasteiger partial charge in [-0.05, 0) is 24.6 Å². The highest BCUT2D eigenvalue weighted by molar-refractivity contribution is 5.70. The van der Waals surface area contributed by atoms with Crippen LogP contribution in [0.5, 0.6) is 5.75 Å². The highest BCUT2D eigenvalue weighted by Crippen LogP contribution is 2.25. The number of aryl methyl sites for hydroxylation is 1. The van der Waals surface area contributed by atoms with Crippen LogP contribution in [-0.2, 0) is 9.53 Å². The average Bonchev–Trinajstić information content (AvgIpc) is 2.49. The Morgan fingerprint density at radius 3 is 2.30 bits per heavy atom. The summed E-state index contributed by atoms with van der Waals surface area (Å²) in [7, 11) is 1.39. The Morgan fingerprint density at radius 1 is 1.05 bits per heavy atom. The van der Waals surface area contributed by atoms with E-state index in [4.69, 9.17) is 9.47 Å². The predicted molar refractivity (Wildman–Crippen MR) is 77.6 cm³/mol. The maximum absolute atomic E-state index is 11.5. The Labute approximate surface area is 119 Å². The van der Waals surface area contributed by atoms with Gasteiger partial charge >= 0.3 is 5.97 Å². The molecule has 0 aliphatic rings. The van der Waals surface area contributed by atoms with E-state index in [1.54, 1.807) is 0 Å². The fourth-order valence-corrected chi connectivity index (χ4v) is 1.91. The molecule has 0 saturated heterocycles. The molecule has 1 unspecified atom stereocenters. The Morgan fingerprint density at radius 2 is 1.70 bits per heavy atom. The number of hydrogen-bond donors (Lipinski definition) is 0. The second kappa shape index (κ2) is 6.75. The Balaban J connectivity index is 2.18. The summed E-state index contributed by atoms with van der Waals surface area (Å²) in [5.41, 5.74) is 2.13. The van der Waals surface area contributed by atoms with E-state index < -0.39 is 0 Å². The normalized spacial score (nSPS) is 11.7. The predicted octanol–water partition coefficient (Wildman–Crippen LogP) is 3.68. The summed E-state index contributed by atoms with van der Waals surface area (Å²) in [5.74, 6) is 0.458. The summed E-state index contributed by atoms with van der Waals surface area (Å²) in [6, 6.07) is 17.5. The van der Waals surface area contributed by atoms with E-state index in [0.717, 1.165) is 11.3 Å². The Bertz CT molecular complexity index is 546. The van der Waals surface area contributed by atoms with Crippen LogP contribution in [0.2, 0.25) is 0 Å². The van der Waals surface area contributed by atoms with Crippen molar-refractivity contribution in [1.82, 2.24) is 0 Å². The highest BCUT2D eigenvalue weighted by Gasteiger charge is 2.18. The SMILES string of the molecule is COC(=O)CC(Oc1ccc(C)cc1)c1ccccc1. The summed E-state index contributed by atoms with van der Waals surface area (Å²) >= 11 is 0. The van der Waals surface area contributed by atoms with E-state index in [2.05, 4.69) is 0 Å². The lowest BCUT2D eigenvalue weighted by molar-refractivity contribution is -0.142. The molecule has 104 valence electrons. The molecule has 0 spiro atoms. The van der Waals surface area contributed by atoms with Crippen molar-refractivity contribution in [2.45, 2.75) is 19.4 Å². The van der Waals surface area contributed by atoms with Gasteiger partial charge in [-0.2, -0.15) is 0 Å². The molecule has 3 heteroatoms.